The minimum Gasteiger partial charge on any atom is -0.406 e. The highest BCUT2D eigenvalue weighted by Crippen LogP contribution is 2.22. The van der Waals surface area contributed by atoms with Crippen molar-refractivity contribution < 1.29 is 22.7 Å². The zero-order valence-corrected chi connectivity index (χ0v) is 10.7. The highest BCUT2D eigenvalue weighted by atomic mass is 19.4. The lowest BCUT2D eigenvalue weighted by Crippen LogP contribution is -2.45. The number of ether oxygens (including phenoxy) is 1. The van der Waals surface area contributed by atoms with Crippen LogP contribution in [0, 0.1) is 0 Å². The van der Waals surface area contributed by atoms with Crippen LogP contribution >= 0.6 is 0 Å². The zero-order chi connectivity index (χ0) is 14.6. The van der Waals surface area contributed by atoms with Crippen molar-refractivity contribution in [1.82, 2.24) is 10.6 Å². The van der Waals surface area contributed by atoms with Gasteiger partial charge in [-0.2, -0.15) is 0 Å². The van der Waals surface area contributed by atoms with E-state index in [0.29, 0.717) is 12.1 Å². The van der Waals surface area contributed by atoms with E-state index in [2.05, 4.69) is 15.4 Å². The normalized spacial score (nSPS) is 19.4. The third kappa shape index (κ3) is 4.41. The molecule has 1 aromatic rings. The van der Waals surface area contributed by atoms with Crippen molar-refractivity contribution in [1.29, 1.82) is 0 Å². The molecule has 1 heterocycles. The van der Waals surface area contributed by atoms with Crippen LogP contribution in [0.1, 0.15) is 23.2 Å². The summed E-state index contributed by atoms with van der Waals surface area (Å²) >= 11 is 0. The van der Waals surface area contributed by atoms with Gasteiger partial charge >= 0.3 is 6.36 Å². The van der Waals surface area contributed by atoms with Crippen molar-refractivity contribution in [3.8, 4) is 5.75 Å². The molecule has 0 aromatic heterocycles. The fraction of sp³-hybridized carbons (Fsp3) is 0.462. The molecule has 1 aliphatic heterocycles. The third-order valence-corrected chi connectivity index (χ3v) is 2.98. The van der Waals surface area contributed by atoms with Crippen LogP contribution in [0.4, 0.5) is 13.2 Å². The lowest BCUT2D eigenvalue weighted by molar-refractivity contribution is -0.274. The summed E-state index contributed by atoms with van der Waals surface area (Å²) in [6.45, 7) is 1.65. The van der Waals surface area contributed by atoms with Gasteiger partial charge in [0, 0.05) is 18.2 Å². The summed E-state index contributed by atoms with van der Waals surface area (Å²) in [5, 5.41) is 6.01. The molecule has 0 aliphatic carbocycles. The number of amides is 1. The largest absolute Gasteiger partial charge is 0.573 e. The number of carbonyl (C=O) groups excluding carboxylic acids is 1. The van der Waals surface area contributed by atoms with Crippen molar-refractivity contribution >= 4 is 5.91 Å². The second kappa shape index (κ2) is 6.13. The summed E-state index contributed by atoms with van der Waals surface area (Å²) in [6, 6.07) is 4.94. The predicted molar refractivity (Wildman–Crippen MR) is 66.5 cm³/mol. The highest BCUT2D eigenvalue weighted by Gasteiger charge is 2.31. The molecular formula is C13H15F3N2O2. The maximum absolute atomic E-state index is 12.0. The lowest BCUT2D eigenvalue weighted by atomic mass is 10.1. The Morgan fingerprint density at radius 1 is 1.30 bits per heavy atom. The molecule has 2 N–H and O–H groups in total. The van der Waals surface area contributed by atoms with Gasteiger partial charge < -0.3 is 15.4 Å². The second-order valence-corrected chi connectivity index (χ2v) is 4.59. The summed E-state index contributed by atoms with van der Waals surface area (Å²) in [6.07, 6.45) is -2.84. The summed E-state index contributed by atoms with van der Waals surface area (Å²) in [5.41, 5.74) is 0.310. The molecule has 0 saturated carbocycles. The Labute approximate surface area is 114 Å². The number of rotatable bonds is 3. The molecule has 4 nitrogen and oxygen atoms in total. The highest BCUT2D eigenvalue weighted by molar-refractivity contribution is 5.94. The Balaban J connectivity index is 1.93. The van der Waals surface area contributed by atoms with Crippen LogP contribution in [0.3, 0.4) is 0 Å². The first kappa shape index (κ1) is 14.6. The van der Waals surface area contributed by atoms with Crippen LogP contribution < -0.4 is 15.4 Å². The van der Waals surface area contributed by atoms with E-state index < -0.39 is 6.36 Å². The van der Waals surface area contributed by atoms with Crippen molar-refractivity contribution in [2.75, 3.05) is 13.1 Å². The first-order valence-electron chi connectivity index (χ1n) is 6.31. The van der Waals surface area contributed by atoms with Crippen molar-refractivity contribution in [2.24, 2.45) is 0 Å². The minimum atomic E-state index is -4.72. The fourth-order valence-corrected chi connectivity index (χ4v) is 2.05. The van der Waals surface area contributed by atoms with Crippen LogP contribution in [0.5, 0.6) is 5.75 Å². The van der Waals surface area contributed by atoms with Gasteiger partial charge in [0.15, 0.2) is 0 Å². The number of piperidine rings is 1. The Hall–Kier alpha value is -1.76. The maximum Gasteiger partial charge on any atom is 0.573 e. The topological polar surface area (TPSA) is 50.4 Å². The van der Waals surface area contributed by atoms with Gasteiger partial charge in [0.25, 0.3) is 5.91 Å². The van der Waals surface area contributed by atoms with Gasteiger partial charge in [-0.05, 0) is 43.7 Å². The standard InChI is InChI=1S/C13H15F3N2O2/c14-13(15,16)20-11-5-3-9(4-6-11)12(19)18-10-2-1-7-17-8-10/h3-6,10,17H,1-2,7-8H2,(H,18,19)/t10-/m0/s1. The van der Waals surface area contributed by atoms with Crippen LogP contribution in [0.15, 0.2) is 24.3 Å². The van der Waals surface area contributed by atoms with E-state index in [1.165, 1.54) is 12.1 Å². The summed E-state index contributed by atoms with van der Waals surface area (Å²) < 4.78 is 39.7. The van der Waals surface area contributed by atoms with Crippen LogP contribution in [-0.2, 0) is 0 Å². The van der Waals surface area contributed by atoms with Crippen molar-refractivity contribution in [3.05, 3.63) is 29.8 Å². The molecule has 20 heavy (non-hydrogen) atoms. The molecule has 1 atom stereocenters. The molecule has 1 aromatic carbocycles. The number of benzene rings is 1. The van der Waals surface area contributed by atoms with Crippen LogP contribution in [-0.4, -0.2) is 31.4 Å². The van der Waals surface area contributed by atoms with Crippen molar-refractivity contribution in [3.63, 3.8) is 0 Å². The Kier molecular flexibility index (Phi) is 4.49. The fourth-order valence-electron chi connectivity index (χ4n) is 2.05. The molecule has 0 bridgehead atoms. The van der Waals surface area contributed by atoms with E-state index >= 15 is 0 Å². The Morgan fingerprint density at radius 3 is 2.55 bits per heavy atom. The maximum atomic E-state index is 12.0. The van der Waals surface area contributed by atoms with Crippen LogP contribution in [0.2, 0.25) is 0 Å². The quantitative estimate of drug-likeness (QED) is 0.895. The number of alkyl halides is 3. The smallest absolute Gasteiger partial charge is 0.406 e. The molecule has 1 fully saturated rings. The van der Waals surface area contributed by atoms with Gasteiger partial charge in [-0.25, -0.2) is 0 Å². The predicted octanol–water partition coefficient (Wildman–Crippen LogP) is 2.07. The monoisotopic (exact) mass is 288 g/mol. The molecule has 1 saturated heterocycles. The molecule has 1 amide bonds. The summed E-state index contributed by atoms with van der Waals surface area (Å²) in [7, 11) is 0. The molecular weight excluding hydrogens is 273 g/mol. The van der Waals surface area contributed by atoms with E-state index in [0.717, 1.165) is 31.5 Å². The Bertz CT molecular complexity index is 454. The average molecular weight is 288 g/mol. The van der Waals surface area contributed by atoms with E-state index in [9.17, 15) is 18.0 Å². The lowest BCUT2D eigenvalue weighted by Gasteiger charge is -2.23. The third-order valence-electron chi connectivity index (χ3n) is 2.98. The van der Waals surface area contributed by atoms with E-state index in [-0.39, 0.29) is 17.7 Å². The van der Waals surface area contributed by atoms with Gasteiger partial charge in [-0.15, -0.1) is 13.2 Å². The number of hydrogen-bond donors (Lipinski definition) is 2. The van der Waals surface area contributed by atoms with E-state index in [1.54, 1.807) is 0 Å². The molecule has 7 heteroatoms. The van der Waals surface area contributed by atoms with Gasteiger partial charge in [0.1, 0.15) is 5.75 Å². The first-order valence-corrected chi connectivity index (χ1v) is 6.31. The van der Waals surface area contributed by atoms with Crippen LogP contribution in [0.25, 0.3) is 0 Å². The van der Waals surface area contributed by atoms with Gasteiger partial charge in [0.2, 0.25) is 0 Å². The number of halogens is 3. The molecule has 0 unspecified atom stereocenters. The first-order chi connectivity index (χ1) is 9.44. The SMILES string of the molecule is O=C(N[C@H]1CCCNC1)c1ccc(OC(F)(F)F)cc1. The molecule has 1 aliphatic rings. The molecule has 0 spiro atoms. The zero-order valence-electron chi connectivity index (χ0n) is 10.7. The number of hydrogen-bond acceptors (Lipinski definition) is 3. The van der Waals surface area contributed by atoms with Crippen molar-refractivity contribution in [2.45, 2.75) is 25.2 Å². The van der Waals surface area contributed by atoms with E-state index in [1.807, 2.05) is 0 Å². The summed E-state index contributed by atoms with van der Waals surface area (Å²) in [5.74, 6) is -0.634. The van der Waals surface area contributed by atoms with Gasteiger partial charge in [-0.1, -0.05) is 0 Å². The molecule has 110 valence electrons. The number of nitrogens with one attached hydrogen (secondary N) is 2. The van der Waals surface area contributed by atoms with Gasteiger partial charge in [-0.3, -0.25) is 4.79 Å². The number of carbonyl (C=O) groups is 1. The van der Waals surface area contributed by atoms with E-state index in [4.69, 9.17) is 0 Å². The second-order valence-electron chi connectivity index (χ2n) is 4.59. The summed E-state index contributed by atoms with van der Waals surface area (Å²) in [4.78, 5) is 11.9. The average Bonchev–Trinajstić information content (AvgIpc) is 2.39. The molecule has 0 radical (unpaired) electrons. The van der Waals surface area contributed by atoms with Gasteiger partial charge in [0.05, 0.1) is 0 Å². The molecule has 2 rings (SSSR count). The minimum absolute atomic E-state index is 0.0577. The Morgan fingerprint density at radius 2 is 2.00 bits per heavy atom.